The van der Waals surface area contributed by atoms with E-state index in [1.807, 2.05) is 6.07 Å². The fraction of sp³-hybridized carbons (Fsp3) is 0.0667. The van der Waals surface area contributed by atoms with Crippen molar-refractivity contribution >= 4 is 11.8 Å². The van der Waals surface area contributed by atoms with Crippen molar-refractivity contribution in [2.24, 2.45) is 0 Å². The molecule has 0 aliphatic rings. The molecule has 18 heavy (non-hydrogen) atoms. The molecule has 0 atom stereocenters. The van der Waals surface area contributed by atoms with Gasteiger partial charge in [-0.1, -0.05) is 48.5 Å². The van der Waals surface area contributed by atoms with Crippen LogP contribution in [-0.4, -0.2) is 16.9 Å². The van der Waals surface area contributed by atoms with Gasteiger partial charge in [0, 0.05) is 11.1 Å². The number of carboxylic acid groups (broad SMARTS) is 1. The van der Waals surface area contributed by atoms with Gasteiger partial charge in [0.1, 0.15) is 0 Å². The highest BCUT2D eigenvalue weighted by atomic mass is 16.4. The lowest BCUT2D eigenvalue weighted by molar-refractivity contribution is 0.0692. The lowest BCUT2D eigenvalue weighted by atomic mass is 9.95. The number of carbonyl (C=O) groups excluding carboxylic acids is 1. The minimum atomic E-state index is -1.08. The van der Waals surface area contributed by atoms with E-state index in [-0.39, 0.29) is 16.9 Å². The predicted octanol–water partition coefficient (Wildman–Crippen LogP) is 2.92. The molecule has 1 N–H and O–H groups in total. The largest absolute Gasteiger partial charge is 0.478 e. The summed E-state index contributed by atoms with van der Waals surface area (Å²) < 4.78 is 0. The van der Waals surface area contributed by atoms with Gasteiger partial charge in [0.05, 0.1) is 5.56 Å². The van der Waals surface area contributed by atoms with Crippen molar-refractivity contribution in [1.82, 2.24) is 0 Å². The number of rotatable bonds is 3. The zero-order chi connectivity index (χ0) is 13.1. The minimum Gasteiger partial charge on any atom is -0.478 e. The van der Waals surface area contributed by atoms with E-state index in [2.05, 4.69) is 0 Å². The third kappa shape index (κ3) is 2.15. The Bertz CT molecular complexity index is 600. The zero-order valence-corrected chi connectivity index (χ0v) is 9.88. The van der Waals surface area contributed by atoms with E-state index in [0.717, 1.165) is 0 Å². The van der Waals surface area contributed by atoms with Crippen molar-refractivity contribution in [1.29, 1.82) is 0 Å². The maximum atomic E-state index is 12.3. The highest BCUT2D eigenvalue weighted by Crippen LogP contribution is 2.18. The number of ketones is 1. The molecule has 0 aliphatic heterocycles. The number of aryl methyl sites for hydroxylation is 1. The Morgan fingerprint density at radius 2 is 1.61 bits per heavy atom. The molecule has 0 spiro atoms. The van der Waals surface area contributed by atoms with Crippen LogP contribution in [0.15, 0.2) is 48.5 Å². The molecule has 0 unspecified atom stereocenters. The van der Waals surface area contributed by atoms with Gasteiger partial charge in [0.15, 0.2) is 5.78 Å². The van der Waals surface area contributed by atoms with Crippen LogP contribution in [-0.2, 0) is 0 Å². The summed E-state index contributed by atoms with van der Waals surface area (Å²) in [4.78, 5) is 23.5. The van der Waals surface area contributed by atoms with Crippen LogP contribution in [0.25, 0.3) is 0 Å². The van der Waals surface area contributed by atoms with Crippen LogP contribution < -0.4 is 0 Å². The quantitative estimate of drug-likeness (QED) is 0.839. The summed E-state index contributed by atoms with van der Waals surface area (Å²) in [6, 6.07) is 13.6. The molecule has 3 heteroatoms. The average molecular weight is 240 g/mol. The van der Waals surface area contributed by atoms with Gasteiger partial charge in [-0.2, -0.15) is 0 Å². The van der Waals surface area contributed by atoms with Crippen LogP contribution in [0.5, 0.6) is 0 Å². The first kappa shape index (κ1) is 12.0. The van der Waals surface area contributed by atoms with Gasteiger partial charge < -0.3 is 5.11 Å². The molecule has 90 valence electrons. The summed E-state index contributed by atoms with van der Waals surface area (Å²) in [5, 5.41) is 9.19. The maximum Gasteiger partial charge on any atom is 0.336 e. The Labute approximate surface area is 105 Å². The Morgan fingerprint density at radius 3 is 2.22 bits per heavy atom. The van der Waals surface area contributed by atoms with Gasteiger partial charge in [-0.3, -0.25) is 4.79 Å². The third-order valence-corrected chi connectivity index (χ3v) is 2.77. The van der Waals surface area contributed by atoms with E-state index < -0.39 is 5.97 Å². The second-order valence-electron chi connectivity index (χ2n) is 4.00. The second kappa shape index (κ2) is 4.84. The van der Waals surface area contributed by atoms with Crippen LogP contribution in [0.3, 0.4) is 0 Å². The number of carbonyl (C=O) groups is 2. The van der Waals surface area contributed by atoms with Crippen molar-refractivity contribution in [2.45, 2.75) is 6.92 Å². The normalized spacial score (nSPS) is 10.1. The summed E-state index contributed by atoms with van der Waals surface area (Å²) in [6.45, 7) is 1.69. The van der Waals surface area contributed by atoms with Gasteiger partial charge in [-0.25, -0.2) is 4.79 Å². The Morgan fingerprint density at radius 1 is 0.944 bits per heavy atom. The molecular weight excluding hydrogens is 228 g/mol. The van der Waals surface area contributed by atoms with Crippen LogP contribution in [0.1, 0.15) is 31.8 Å². The lowest BCUT2D eigenvalue weighted by Gasteiger charge is -2.07. The first-order valence-corrected chi connectivity index (χ1v) is 5.54. The van der Waals surface area contributed by atoms with Crippen molar-refractivity contribution in [3.63, 3.8) is 0 Å². The summed E-state index contributed by atoms with van der Waals surface area (Å²) in [5.74, 6) is -1.34. The molecule has 0 fully saturated rings. The van der Waals surface area contributed by atoms with E-state index in [0.29, 0.717) is 11.1 Å². The zero-order valence-electron chi connectivity index (χ0n) is 9.88. The van der Waals surface area contributed by atoms with Crippen molar-refractivity contribution in [3.05, 3.63) is 70.8 Å². The highest BCUT2D eigenvalue weighted by Gasteiger charge is 2.19. The Balaban J connectivity index is 2.56. The predicted molar refractivity (Wildman–Crippen MR) is 68.0 cm³/mol. The molecule has 0 aromatic heterocycles. The summed E-state index contributed by atoms with van der Waals surface area (Å²) >= 11 is 0. The molecule has 0 saturated heterocycles. The summed E-state index contributed by atoms with van der Waals surface area (Å²) in [6.07, 6.45) is 0. The molecule has 0 aliphatic carbocycles. The van der Waals surface area contributed by atoms with E-state index in [1.54, 1.807) is 49.4 Å². The minimum absolute atomic E-state index is 0.0753. The number of aromatic carboxylic acids is 1. The molecule has 3 nitrogen and oxygen atoms in total. The first-order valence-electron chi connectivity index (χ1n) is 5.54. The summed E-state index contributed by atoms with van der Waals surface area (Å²) in [7, 11) is 0. The molecule has 2 aromatic carbocycles. The van der Waals surface area contributed by atoms with Crippen LogP contribution in [0, 0.1) is 6.92 Å². The van der Waals surface area contributed by atoms with Crippen molar-refractivity contribution in [3.8, 4) is 0 Å². The van der Waals surface area contributed by atoms with Gasteiger partial charge in [0.25, 0.3) is 0 Å². The smallest absolute Gasteiger partial charge is 0.336 e. The highest BCUT2D eigenvalue weighted by molar-refractivity contribution is 6.14. The molecule has 2 aromatic rings. The van der Waals surface area contributed by atoms with Crippen LogP contribution >= 0.6 is 0 Å². The van der Waals surface area contributed by atoms with Gasteiger partial charge >= 0.3 is 5.97 Å². The molecular formula is C15H12O3. The van der Waals surface area contributed by atoms with Gasteiger partial charge in [0.2, 0.25) is 0 Å². The van der Waals surface area contributed by atoms with Crippen LogP contribution in [0.2, 0.25) is 0 Å². The number of carboxylic acids is 1. The maximum absolute atomic E-state index is 12.3. The molecule has 0 radical (unpaired) electrons. The molecule has 0 heterocycles. The molecule has 0 amide bonds. The number of hydrogen-bond acceptors (Lipinski definition) is 2. The molecule has 0 saturated carbocycles. The van der Waals surface area contributed by atoms with E-state index >= 15 is 0 Å². The standard InChI is InChI=1S/C15H12O3/c1-10-6-5-9-12(13(10)15(17)18)14(16)11-7-3-2-4-8-11/h2-9H,1H3,(H,17,18). The SMILES string of the molecule is Cc1cccc(C(=O)c2ccccc2)c1C(=O)O. The fourth-order valence-corrected chi connectivity index (χ4v) is 1.89. The first-order chi connectivity index (χ1) is 8.61. The van der Waals surface area contributed by atoms with Gasteiger partial charge in [-0.15, -0.1) is 0 Å². The number of hydrogen-bond donors (Lipinski definition) is 1. The average Bonchev–Trinajstić information content (AvgIpc) is 2.38. The Kier molecular flexibility index (Phi) is 3.24. The third-order valence-electron chi connectivity index (χ3n) is 2.77. The topological polar surface area (TPSA) is 54.4 Å². The van der Waals surface area contributed by atoms with E-state index in [1.165, 1.54) is 0 Å². The van der Waals surface area contributed by atoms with Crippen molar-refractivity contribution in [2.75, 3.05) is 0 Å². The van der Waals surface area contributed by atoms with E-state index in [4.69, 9.17) is 0 Å². The second-order valence-corrected chi connectivity index (χ2v) is 4.00. The lowest BCUT2D eigenvalue weighted by Crippen LogP contribution is -2.11. The monoisotopic (exact) mass is 240 g/mol. The Hall–Kier alpha value is -2.42. The molecule has 2 rings (SSSR count). The van der Waals surface area contributed by atoms with Crippen molar-refractivity contribution < 1.29 is 14.7 Å². The van der Waals surface area contributed by atoms with E-state index in [9.17, 15) is 14.7 Å². The fourth-order valence-electron chi connectivity index (χ4n) is 1.89. The molecule has 0 bridgehead atoms. The van der Waals surface area contributed by atoms with Crippen LogP contribution in [0.4, 0.5) is 0 Å². The summed E-state index contributed by atoms with van der Waals surface area (Å²) in [5.41, 5.74) is 1.38. The number of benzene rings is 2. The van der Waals surface area contributed by atoms with Gasteiger partial charge in [-0.05, 0) is 12.5 Å².